The minimum atomic E-state index is -0.833. The Bertz CT molecular complexity index is 789. The molecular formula is C15H15N3O3S. The van der Waals surface area contributed by atoms with E-state index >= 15 is 0 Å². The maximum Gasteiger partial charge on any atom is 0.221 e. The van der Waals surface area contributed by atoms with Crippen molar-refractivity contribution in [2.45, 2.75) is 0 Å². The van der Waals surface area contributed by atoms with Crippen LogP contribution in [0, 0.1) is 0 Å². The van der Waals surface area contributed by atoms with Crippen molar-refractivity contribution >= 4 is 28.0 Å². The van der Waals surface area contributed by atoms with Crippen LogP contribution in [0.5, 0.6) is 5.88 Å². The molecule has 1 atom stereocenters. The van der Waals surface area contributed by atoms with Crippen LogP contribution < -0.4 is 5.32 Å². The number of fused-ring (bicyclic) bond motifs is 1. The van der Waals surface area contributed by atoms with Gasteiger partial charge in [-0.05, 0) is 24.3 Å². The molecule has 6 nitrogen and oxygen atoms in total. The third-order valence-corrected chi connectivity index (χ3v) is 3.97. The molecule has 2 N–H and O–H groups in total. The molecule has 0 aliphatic rings. The van der Waals surface area contributed by atoms with Gasteiger partial charge in [0.05, 0.1) is 23.7 Å². The lowest BCUT2D eigenvalue weighted by atomic mass is 10.1. The molecule has 0 saturated carbocycles. The van der Waals surface area contributed by atoms with E-state index in [0.29, 0.717) is 34.8 Å². The van der Waals surface area contributed by atoms with Crippen LogP contribution in [0.15, 0.2) is 41.1 Å². The molecule has 2 heterocycles. The highest BCUT2D eigenvalue weighted by Crippen LogP contribution is 2.29. The summed E-state index contributed by atoms with van der Waals surface area (Å²) >= 11 is -0.833. The maximum atomic E-state index is 11.0. The predicted octanol–water partition coefficient (Wildman–Crippen LogP) is 2.39. The second kappa shape index (κ2) is 6.25. The highest BCUT2D eigenvalue weighted by atomic mass is 32.2. The average Bonchev–Trinajstić information content (AvgIpc) is 2.96. The summed E-state index contributed by atoms with van der Waals surface area (Å²) < 4.78 is 16.7. The summed E-state index contributed by atoms with van der Waals surface area (Å²) in [6.45, 7) is 0.586. The van der Waals surface area contributed by atoms with Gasteiger partial charge in [0.25, 0.3) is 0 Å². The Morgan fingerprint density at radius 2 is 2.14 bits per heavy atom. The molecule has 0 fully saturated rings. The molecule has 0 aliphatic heterocycles. The zero-order chi connectivity index (χ0) is 15.5. The number of anilines is 1. The Morgan fingerprint density at radius 1 is 1.27 bits per heavy atom. The first-order valence-electron chi connectivity index (χ1n) is 6.71. The quantitative estimate of drug-likeness (QED) is 0.702. The normalized spacial score (nSPS) is 12.5. The van der Waals surface area contributed by atoms with Gasteiger partial charge in [-0.1, -0.05) is 11.2 Å². The van der Waals surface area contributed by atoms with Gasteiger partial charge in [0.2, 0.25) is 5.88 Å². The largest absolute Gasteiger partial charge is 0.617 e. The van der Waals surface area contributed by atoms with E-state index in [9.17, 15) is 9.66 Å². The fourth-order valence-corrected chi connectivity index (χ4v) is 2.49. The number of rotatable bonds is 5. The summed E-state index contributed by atoms with van der Waals surface area (Å²) in [6, 6.07) is 9.13. The molecule has 22 heavy (non-hydrogen) atoms. The number of hydrogen-bond donors (Lipinski definition) is 2. The number of nitrogens with zero attached hydrogens (tertiary/aromatic N) is 2. The molecule has 2 aromatic heterocycles. The van der Waals surface area contributed by atoms with E-state index in [-0.39, 0.29) is 5.88 Å². The van der Waals surface area contributed by atoms with Crippen LogP contribution in [0.1, 0.15) is 0 Å². The predicted molar refractivity (Wildman–Crippen MR) is 86.3 cm³/mol. The van der Waals surface area contributed by atoms with E-state index in [2.05, 4.69) is 15.3 Å². The summed E-state index contributed by atoms with van der Waals surface area (Å²) in [6.07, 6.45) is 2.99. The molecular weight excluding hydrogens is 302 g/mol. The Labute approximate surface area is 130 Å². The Morgan fingerprint density at radius 3 is 2.95 bits per heavy atom. The van der Waals surface area contributed by atoms with E-state index in [1.54, 1.807) is 12.3 Å². The third kappa shape index (κ3) is 3.15. The summed E-state index contributed by atoms with van der Waals surface area (Å²) in [5, 5.41) is 13.5. The fraction of sp³-hybridized carbons (Fsp3) is 0.200. The highest BCUT2D eigenvalue weighted by Gasteiger charge is 2.09. The van der Waals surface area contributed by atoms with Crippen molar-refractivity contribution in [3.63, 3.8) is 0 Å². The molecule has 0 aliphatic carbocycles. The van der Waals surface area contributed by atoms with Gasteiger partial charge in [0.1, 0.15) is 17.8 Å². The van der Waals surface area contributed by atoms with E-state index in [1.807, 2.05) is 24.3 Å². The van der Waals surface area contributed by atoms with Crippen LogP contribution in [-0.2, 0) is 11.2 Å². The molecule has 114 valence electrons. The molecule has 1 unspecified atom stereocenters. The third-order valence-electron chi connectivity index (χ3n) is 3.19. The Kier molecular flexibility index (Phi) is 4.17. The zero-order valence-corrected chi connectivity index (χ0v) is 12.8. The molecule has 0 saturated heterocycles. The number of benzene rings is 1. The van der Waals surface area contributed by atoms with Gasteiger partial charge in [0, 0.05) is 11.6 Å². The monoisotopic (exact) mass is 317 g/mol. The second-order valence-corrected chi connectivity index (χ2v) is 6.35. The smallest absolute Gasteiger partial charge is 0.221 e. The molecule has 0 bridgehead atoms. The summed E-state index contributed by atoms with van der Waals surface area (Å²) in [5.41, 5.74) is 1.50. The van der Waals surface area contributed by atoms with Crippen molar-refractivity contribution in [3.8, 4) is 17.2 Å². The van der Waals surface area contributed by atoms with Gasteiger partial charge in [-0.2, -0.15) is 0 Å². The van der Waals surface area contributed by atoms with Gasteiger partial charge in [-0.25, -0.2) is 9.97 Å². The standard InChI is InChI=1S/C15H15N3O3S/c1-22(20)7-6-16-14-5-4-13(21-14)10-2-3-12-11(8-10)15(19)18-9-17-12/h2-5,8-9,16H,6-7H2,1H3,(H,17,18,19). The molecule has 0 amide bonds. The first-order chi connectivity index (χ1) is 10.6. The molecule has 0 spiro atoms. The van der Waals surface area contributed by atoms with Crippen molar-refractivity contribution in [3.05, 3.63) is 36.7 Å². The SMILES string of the molecule is C[S+]([O-])CCNc1ccc(-c2ccc3ncnc(O)c3c2)o1. The number of aromatic hydroxyl groups is 1. The van der Waals surface area contributed by atoms with Crippen LogP contribution in [-0.4, -0.2) is 38.2 Å². The van der Waals surface area contributed by atoms with E-state index in [0.717, 1.165) is 5.56 Å². The van der Waals surface area contributed by atoms with Crippen molar-refractivity contribution < 1.29 is 14.1 Å². The van der Waals surface area contributed by atoms with Crippen LogP contribution in [0.3, 0.4) is 0 Å². The zero-order valence-electron chi connectivity index (χ0n) is 11.9. The fourth-order valence-electron chi connectivity index (χ4n) is 2.10. The summed E-state index contributed by atoms with van der Waals surface area (Å²) in [5.74, 6) is 1.80. The minimum Gasteiger partial charge on any atom is -0.617 e. The molecule has 3 aromatic rings. The van der Waals surface area contributed by atoms with Crippen LogP contribution in [0.25, 0.3) is 22.2 Å². The molecule has 7 heteroatoms. The van der Waals surface area contributed by atoms with E-state index in [4.69, 9.17) is 4.42 Å². The molecule has 3 rings (SSSR count). The molecule has 0 radical (unpaired) electrons. The van der Waals surface area contributed by atoms with Crippen LogP contribution in [0.2, 0.25) is 0 Å². The summed E-state index contributed by atoms with van der Waals surface area (Å²) in [4.78, 5) is 7.87. The highest BCUT2D eigenvalue weighted by molar-refractivity contribution is 7.90. The van der Waals surface area contributed by atoms with Crippen molar-refractivity contribution in [2.75, 3.05) is 23.9 Å². The lowest BCUT2D eigenvalue weighted by Crippen LogP contribution is -2.13. The Hall–Kier alpha value is -2.25. The number of nitrogens with one attached hydrogen (secondary N) is 1. The summed E-state index contributed by atoms with van der Waals surface area (Å²) in [7, 11) is 0. The van der Waals surface area contributed by atoms with Gasteiger partial charge in [-0.3, -0.25) is 0 Å². The first kappa shape index (κ1) is 14.7. The van der Waals surface area contributed by atoms with Crippen molar-refractivity contribution in [2.24, 2.45) is 0 Å². The minimum absolute atomic E-state index is 0.0535. The number of aromatic nitrogens is 2. The van der Waals surface area contributed by atoms with E-state index in [1.165, 1.54) is 6.33 Å². The average molecular weight is 317 g/mol. The topological polar surface area (TPSA) is 94.2 Å². The first-order valence-corrected chi connectivity index (χ1v) is 8.44. The van der Waals surface area contributed by atoms with Crippen molar-refractivity contribution in [1.82, 2.24) is 9.97 Å². The van der Waals surface area contributed by atoms with Gasteiger partial charge in [-0.15, -0.1) is 0 Å². The van der Waals surface area contributed by atoms with Crippen molar-refractivity contribution in [1.29, 1.82) is 0 Å². The lowest BCUT2D eigenvalue weighted by Gasteiger charge is -2.05. The van der Waals surface area contributed by atoms with E-state index < -0.39 is 11.2 Å². The maximum absolute atomic E-state index is 11.0. The molecule has 1 aromatic carbocycles. The number of hydrogen-bond acceptors (Lipinski definition) is 6. The Balaban J connectivity index is 1.82. The van der Waals surface area contributed by atoms with Gasteiger partial charge >= 0.3 is 0 Å². The lowest BCUT2D eigenvalue weighted by molar-refractivity contribution is 0.459. The van der Waals surface area contributed by atoms with Gasteiger partial charge < -0.3 is 19.4 Å². The second-order valence-electron chi connectivity index (χ2n) is 4.80. The van der Waals surface area contributed by atoms with Crippen LogP contribution >= 0.6 is 0 Å². The van der Waals surface area contributed by atoms with Gasteiger partial charge in [0.15, 0.2) is 5.88 Å². The van der Waals surface area contributed by atoms with Crippen LogP contribution in [0.4, 0.5) is 5.88 Å². The number of furan rings is 1.